The molecule has 0 unspecified atom stereocenters. The second-order valence-corrected chi connectivity index (χ2v) is 2.38. The van der Waals surface area contributed by atoms with Gasteiger partial charge in [-0.3, -0.25) is 5.43 Å². The maximum Gasteiger partial charge on any atom is 0.0188 e. The summed E-state index contributed by atoms with van der Waals surface area (Å²) >= 11 is 0. The molecule has 0 bridgehead atoms. The molecule has 10 heavy (non-hydrogen) atoms. The predicted molar refractivity (Wildman–Crippen MR) is 46.0 cm³/mol. The van der Waals surface area contributed by atoms with E-state index < -0.39 is 0 Å². The summed E-state index contributed by atoms with van der Waals surface area (Å²) in [4.78, 5) is 0. The molecule has 0 rings (SSSR count). The number of hydrogen-bond donors (Lipinski definition) is 1. The van der Waals surface area contributed by atoms with E-state index in [4.69, 9.17) is 0 Å². The van der Waals surface area contributed by atoms with Crippen LogP contribution in [0.3, 0.4) is 0 Å². The van der Waals surface area contributed by atoms with Gasteiger partial charge < -0.3 is 0 Å². The van der Waals surface area contributed by atoms with Crippen molar-refractivity contribution in [3.8, 4) is 0 Å². The Labute approximate surface area is 63.0 Å². The molecular formula is C8H16N2. The van der Waals surface area contributed by atoms with E-state index in [0.29, 0.717) is 0 Å². The fourth-order valence-corrected chi connectivity index (χ4v) is 0.684. The molecule has 0 aliphatic rings. The van der Waals surface area contributed by atoms with Gasteiger partial charge in [-0.05, 0) is 19.8 Å². The second-order valence-electron chi connectivity index (χ2n) is 2.38. The highest BCUT2D eigenvalue weighted by molar-refractivity contribution is 5.22. The summed E-state index contributed by atoms with van der Waals surface area (Å²) in [5.74, 6) is 0. The first-order chi connectivity index (χ1) is 4.81. The summed E-state index contributed by atoms with van der Waals surface area (Å²) in [6, 6.07) is 0. The molecular weight excluding hydrogens is 124 g/mol. The molecule has 0 aliphatic carbocycles. The summed E-state index contributed by atoms with van der Waals surface area (Å²) in [7, 11) is 0. The molecule has 0 spiro atoms. The van der Waals surface area contributed by atoms with Crippen LogP contribution in [0.1, 0.15) is 33.1 Å². The lowest BCUT2D eigenvalue weighted by Crippen LogP contribution is -1.93. The van der Waals surface area contributed by atoms with Gasteiger partial charge in [0.2, 0.25) is 0 Å². The minimum absolute atomic E-state index is 1.15. The van der Waals surface area contributed by atoms with Gasteiger partial charge >= 0.3 is 0 Å². The molecule has 2 heteroatoms. The van der Waals surface area contributed by atoms with E-state index >= 15 is 0 Å². The van der Waals surface area contributed by atoms with Gasteiger partial charge in [0, 0.05) is 12.9 Å². The third-order valence-electron chi connectivity index (χ3n) is 1.33. The number of unbranched alkanes of at least 4 members (excludes halogenated alkanes) is 1. The monoisotopic (exact) mass is 140 g/mol. The summed E-state index contributed by atoms with van der Waals surface area (Å²) in [6.45, 7) is 7.59. The third kappa shape index (κ3) is 5.35. The van der Waals surface area contributed by atoms with Gasteiger partial charge in [-0.1, -0.05) is 18.9 Å². The molecule has 0 heterocycles. The number of hydrogen-bond acceptors (Lipinski definition) is 2. The molecule has 0 aromatic rings. The second kappa shape index (κ2) is 6.33. The fraction of sp³-hybridized carbons (Fsp3) is 0.625. The number of hydrazone groups is 1. The molecule has 0 radical (unpaired) electrons. The Hall–Kier alpha value is -0.790. The van der Waals surface area contributed by atoms with Crippen LogP contribution >= 0.6 is 0 Å². The van der Waals surface area contributed by atoms with Crippen molar-refractivity contribution in [3.63, 3.8) is 0 Å². The predicted octanol–water partition coefficient (Wildman–Crippen LogP) is 2.29. The Kier molecular flexibility index (Phi) is 5.83. The largest absolute Gasteiger partial charge is 0.286 e. The Balaban J connectivity index is 3.38. The fourth-order valence-electron chi connectivity index (χ4n) is 0.684. The van der Waals surface area contributed by atoms with Crippen LogP contribution in [0.15, 0.2) is 16.9 Å². The molecule has 0 atom stereocenters. The van der Waals surface area contributed by atoms with Crippen molar-refractivity contribution in [3.05, 3.63) is 11.8 Å². The van der Waals surface area contributed by atoms with Crippen molar-refractivity contribution in [2.24, 2.45) is 5.10 Å². The van der Waals surface area contributed by atoms with E-state index in [1.54, 1.807) is 0 Å². The highest BCUT2D eigenvalue weighted by atomic mass is 15.3. The Morgan fingerprint density at radius 2 is 2.40 bits per heavy atom. The maximum absolute atomic E-state index is 3.51. The van der Waals surface area contributed by atoms with E-state index in [1.807, 2.05) is 6.20 Å². The first-order valence-corrected chi connectivity index (χ1v) is 3.68. The van der Waals surface area contributed by atoms with Crippen molar-refractivity contribution in [2.75, 3.05) is 0 Å². The maximum atomic E-state index is 3.51. The highest BCUT2D eigenvalue weighted by Gasteiger charge is 1.86. The molecule has 0 aromatic carbocycles. The highest BCUT2D eigenvalue weighted by Crippen LogP contribution is 2.03. The third-order valence-corrected chi connectivity index (χ3v) is 1.33. The molecule has 0 aliphatic heterocycles. The van der Waals surface area contributed by atoms with Crippen molar-refractivity contribution in [1.82, 2.24) is 5.43 Å². The normalized spacial score (nSPS) is 11.2. The van der Waals surface area contributed by atoms with Gasteiger partial charge in [-0.2, -0.15) is 5.10 Å². The lowest BCUT2D eigenvalue weighted by molar-refractivity contribution is 0.777. The van der Waals surface area contributed by atoms with Crippen LogP contribution in [0.4, 0.5) is 0 Å². The smallest absolute Gasteiger partial charge is 0.0188 e. The van der Waals surface area contributed by atoms with Crippen LogP contribution < -0.4 is 5.43 Å². The standard InChI is InChI=1S/C8H16N2/c1-4-5-6-8(2)7-10-9-3/h7,10H,3-6H2,1-2H3/b8-7+. The van der Waals surface area contributed by atoms with Crippen LogP contribution in [-0.2, 0) is 0 Å². The summed E-state index contributed by atoms with van der Waals surface area (Å²) < 4.78 is 0. The lowest BCUT2D eigenvalue weighted by Gasteiger charge is -1.97. The van der Waals surface area contributed by atoms with E-state index in [9.17, 15) is 0 Å². The average Bonchev–Trinajstić information content (AvgIpc) is 1.97. The molecule has 0 fully saturated rings. The molecule has 0 saturated carbocycles. The van der Waals surface area contributed by atoms with Crippen molar-refractivity contribution >= 4 is 6.72 Å². The zero-order chi connectivity index (χ0) is 7.82. The SMILES string of the molecule is C=NN/C=C(\C)CCCC. The van der Waals surface area contributed by atoms with Gasteiger partial charge in [0.05, 0.1) is 0 Å². The van der Waals surface area contributed by atoms with Gasteiger partial charge in [0.15, 0.2) is 0 Å². The average molecular weight is 140 g/mol. The minimum atomic E-state index is 1.15. The summed E-state index contributed by atoms with van der Waals surface area (Å²) in [6.07, 6.45) is 5.54. The summed E-state index contributed by atoms with van der Waals surface area (Å²) in [5, 5.41) is 3.51. The van der Waals surface area contributed by atoms with Crippen molar-refractivity contribution < 1.29 is 0 Å². The molecule has 1 N–H and O–H groups in total. The first kappa shape index (κ1) is 9.21. The van der Waals surface area contributed by atoms with Gasteiger partial charge in [0.1, 0.15) is 0 Å². The van der Waals surface area contributed by atoms with Crippen LogP contribution in [0, 0.1) is 0 Å². The van der Waals surface area contributed by atoms with Crippen LogP contribution in [0.5, 0.6) is 0 Å². The lowest BCUT2D eigenvalue weighted by atomic mass is 10.1. The number of nitrogens with zero attached hydrogens (tertiary/aromatic N) is 1. The number of rotatable bonds is 5. The molecule has 0 saturated heterocycles. The zero-order valence-corrected chi connectivity index (χ0v) is 6.85. The number of nitrogens with one attached hydrogen (secondary N) is 1. The van der Waals surface area contributed by atoms with Crippen LogP contribution in [0.2, 0.25) is 0 Å². The van der Waals surface area contributed by atoms with Crippen molar-refractivity contribution in [1.29, 1.82) is 0 Å². The first-order valence-electron chi connectivity index (χ1n) is 3.68. The van der Waals surface area contributed by atoms with Gasteiger partial charge in [0.25, 0.3) is 0 Å². The van der Waals surface area contributed by atoms with E-state index in [-0.39, 0.29) is 0 Å². The Morgan fingerprint density at radius 1 is 1.70 bits per heavy atom. The van der Waals surface area contributed by atoms with Crippen LogP contribution in [0.25, 0.3) is 0 Å². The van der Waals surface area contributed by atoms with Gasteiger partial charge in [-0.15, -0.1) is 0 Å². The Bertz CT molecular complexity index is 116. The quantitative estimate of drug-likeness (QED) is 0.460. The zero-order valence-electron chi connectivity index (χ0n) is 6.85. The molecule has 58 valence electrons. The van der Waals surface area contributed by atoms with Crippen molar-refractivity contribution in [2.45, 2.75) is 33.1 Å². The Morgan fingerprint density at radius 3 is 2.90 bits per heavy atom. The van der Waals surface area contributed by atoms with Gasteiger partial charge in [-0.25, -0.2) is 0 Å². The molecule has 0 amide bonds. The van der Waals surface area contributed by atoms with Crippen LogP contribution in [-0.4, -0.2) is 6.72 Å². The van der Waals surface area contributed by atoms with E-state index in [0.717, 1.165) is 6.42 Å². The molecule has 0 aromatic heterocycles. The summed E-state index contributed by atoms with van der Waals surface area (Å²) in [5.41, 5.74) is 4.04. The van der Waals surface area contributed by atoms with E-state index in [1.165, 1.54) is 18.4 Å². The molecule has 2 nitrogen and oxygen atoms in total. The topological polar surface area (TPSA) is 24.4 Å². The minimum Gasteiger partial charge on any atom is -0.286 e. The number of allylic oxidation sites excluding steroid dienone is 1. The van der Waals surface area contributed by atoms with E-state index in [2.05, 4.69) is 31.1 Å².